The quantitative estimate of drug-likeness (QED) is 0.412. The Morgan fingerprint density at radius 2 is 1.80 bits per heavy atom. The average Bonchev–Trinajstić information content (AvgIpc) is 3.59. The lowest BCUT2D eigenvalue weighted by Gasteiger charge is -2.35. The second kappa shape index (κ2) is 10.8. The molecule has 1 aromatic heterocycles. The van der Waals surface area contributed by atoms with E-state index in [1.807, 2.05) is 36.4 Å². The first-order valence-corrected chi connectivity index (χ1v) is 13.5. The van der Waals surface area contributed by atoms with Gasteiger partial charge in [0.2, 0.25) is 5.91 Å². The van der Waals surface area contributed by atoms with Crippen molar-refractivity contribution in [2.45, 2.75) is 56.5 Å². The van der Waals surface area contributed by atoms with Crippen molar-refractivity contribution in [3.8, 4) is 17.2 Å². The van der Waals surface area contributed by atoms with Gasteiger partial charge in [0.1, 0.15) is 5.75 Å². The van der Waals surface area contributed by atoms with Crippen molar-refractivity contribution in [1.82, 2.24) is 10.2 Å². The molecule has 1 N–H and O–H groups in total. The van der Waals surface area contributed by atoms with Gasteiger partial charge in [0, 0.05) is 30.6 Å². The van der Waals surface area contributed by atoms with Gasteiger partial charge in [-0.3, -0.25) is 9.69 Å². The van der Waals surface area contributed by atoms with Crippen LogP contribution in [-0.4, -0.2) is 37.0 Å². The molecule has 0 radical (unpaired) electrons. The number of carbonyl (C=O) groups is 1. The van der Waals surface area contributed by atoms with E-state index in [0.29, 0.717) is 5.75 Å². The highest BCUT2D eigenvalue weighted by Gasteiger charge is 2.44. The van der Waals surface area contributed by atoms with Gasteiger partial charge in [-0.1, -0.05) is 43.2 Å². The summed E-state index contributed by atoms with van der Waals surface area (Å²) >= 11 is 1.73. The van der Waals surface area contributed by atoms with E-state index in [-0.39, 0.29) is 17.4 Å². The van der Waals surface area contributed by atoms with Gasteiger partial charge in [-0.15, -0.1) is 11.3 Å². The number of nitrogens with one attached hydrogen (secondary N) is 1. The molecule has 5 rings (SSSR count). The zero-order chi connectivity index (χ0) is 24.1. The third kappa shape index (κ3) is 5.39. The van der Waals surface area contributed by atoms with Crippen LogP contribution in [0.2, 0.25) is 0 Å². The van der Waals surface area contributed by atoms with Crippen LogP contribution in [0.1, 0.15) is 49.0 Å². The summed E-state index contributed by atoms with van der Waals surface area (Å²) < 4.78 is 11.5. The van der Waals surface area contributed by atoms with Gasteiger partial charge in [-0.25, -0.2) is 0 Å². The highest BCUT2D eigenvalue weighted by molar-refractivity contribution is 7.10. The van der Waals surface area contributed by atoms with E-state index in [0.717, 1.165) is 69.7 Å². The zero-order valence-corrected chi connectivity index (χ0v) is 21.2. The Morgan fingerprint density at radius 3 is 2.51 bits per heavy atom. The highest BCUT2D eigenvalue weighted by Crippen LogP contribution is 2.43. The predicted molar refractivity (Wildman–Crippen MR) is 140 cm³/mol. The van der Waals surface area contributed by atoms with Crippen LogP contribution >= 0.6 is 11.3 Å². The molecule has 184 valence electrons. The number of para-hydroxylation sites is 2. The number of hydrogen-bond donors (Lipinski definition) is 1. The van der Waals surface area contributed by atoms with Crippen LogP contribution in [0.25, 0.3) is 0 Å². The second-order valence-electron chi connectivity index (χ2n) is 9.69. The number of thiophene rings is 1. The lowest BCUT2D eigenvalue weighted by atomic mass is 9.83. The Bertz CT molecular complexity index is 1120. The SMILES string of the molecule is COc1ccccc1Oc1cccc(CN2CCC(NC(=O)C3(c4cccs4)CCCC3)CC2)c1. The summed E-state index contributed by atoms with van der Waals surface area (Å²) in [6, 6.07) is 20.4. The van der Waals surface area contributed by atoms with Crippen LogP contribution in [0.15, 0.2) is 66.0 Å². The molecule has 2 aliphatic rings. The van der Waals surface area contributed by atoms with E-state index in [1.165, 1.54) is 10.4 Å². The minimum Gasteiger partial charge on any atom is -0.493 e. The normalized spacial score (nSPS) is 18.3. The molecule has 1 aliphatic carbocycles. The van der Waals surface area contributed by atoms with Crippen molar-refractivity contribution < 1.29 is 14.3 Å². The van der Waals surface area contributed by atoms with Crippen molar-refractivity contribution in [3.05, 3.63) is 76.5 Å². The maximum absolute atomic E-state index is 13.4. The minimum atomic E-state index is -0.298. The molecule has 1 amide bonds. The third-order valence-corrected chi connectivity index (χ3v) is 8.48. The Labute approximate surface area is 212 Å². The first-order valence-electron chi connectivity index (χ1n) is 12.6. The summed E-state index contributed by atoms with van der Waals surface area (Å²) in [4.78, 5) is 17.1. The highest BCUT2D eigenvalue weighted by atomic mass is 32.1. The van der Waals surface area contributed by atoms with Crippen molar-refractivity contribution in [2.24, 2.45) is 0 Å². The lowest BCUT2D eigenvalue weighted by Crippen LogP contribution is -2.50. The number of hydrogen-bond acceptors (Lipinski definition) is 5. The summed E-state index contributed by atoms with van der Waals surface area (Å²) in [5, 5.41) is 5.53. The Kier molecular flexibility index (Phi) is 7.40. The fourth-order valence-electron chi connectivity index (χ4n) is 5.47. The van der Waals surface area contributed by atoms with E-state index in [4.69, 9.17) is 9.47 Å². The van der Waals surface area contributed by atoms with E-state index in [2.05, 4.69) is 39.9 Å². The van der Waals surface area contributed by atoms with Crippen molar-refractivity contribution in [2.75, 3.05) is 20.2 Å². The number of amides is 1. The molecule has 6 heteroatoms. The van der Waals surface area contributed by atoms with Crippen LogP contribution in [-0.2, 0) is 16.8 Å². The predicted octanol–water partition coefficient (Wildman–Crippen LogP) is 6.14. The van der Waals surface area contributed by atoms with Crippen molar-refractivity contribution in [1.29, 1.82) is 0 Å². The summed E-state index contributed by atoms with van der Waals surface area (Å²) in [5.41, 5.74) is 0.926. The Morgan fingerprint density at radius 1 is 1.03 bits per heavy atom. The van der Waals surface area contributed by atoms with Gasteiger partial charge in [0.05, 0.1) is 12.5 Å². The number of nitrogens with zero attached hydrogens (tertiary/aromatic N) is 1. The third-order valence-electron chi connectivity index (χ3n) is 7.41. The average molecular weight is 491 g/mol. The van der Waals surface area contributed by atoms with Crippen molar-refractivity contribution >= 4 is 17.2 Å². The van der Waals surface area contributed by atoms with Gasteiger partial charge in [0.25, 0.3) is 0 Å². The summed E-state index contributed by atoms with van der Waals surface area (Å²) in [6.07, 6.45) is 6.22. The molecule has 1 saturated carbocycles. The van der Waals surface area contributed by atoms with E-state index in [1.54, 1.807) is 18.4 Å². The molecule has 1 aliphatic heterocycles. The first kappa shape index (κ1) is 23.9. The molecule has 1 saturated heterocycles. The number of benzene rings is 2. The number of rotatable bonds is 8. The van der Waals surface area contributed by atoms with Crippen molar-refractivity contribution in [3.63, 3.8) is 0 Å². The standard InChI is InChI=1S/C29H34N2O3S/c1-33-25-10-2-3-11-26(25)34-24-9-6-8-22(20-24)21-31-17-13-23(14-18-31)30-28(32)29(15-4-5-16-29)27-12-7-19-35-27/h2-3,6-12,19-20,23H,4-5,13-18,21H2,1H3,(H,30,32). The molecule has 2 fully saturated rings. The fraction of sp³-hybridized carbons (Fsp3) is 0.414. The molecule has 2 heterocycles. The molecule has 2 aromatic carbocycles. The number of ether oxygens (including phenoxy) is 2. The molecular formula is C29H34N2O3S. The smallest absolute Gasteiger partial charge is 0.231 e. The van der Waals surface area contributed by atoms with Gasteiger partial charge in [-0.05, 0) is 67.0 Å². The maximum atomic E-state index is 13.4. The number of carbonyl (C=O) groups excluding carboxylic acids is 1. The van der Waals surface area contributed by atoms with E-state index >= 15 is 0 Å². The van der Waals surface area contributed by atoms with Gasteiger partial charge < -0.3 is 14.8 Å². The molecular weight excluding hydrogens is 456 g/mol. The zero-order valence-electron chi connectivity index (χ0n) is 20.4. The molecule has 0 unspecified atom stereocenters. The summed E-state index contributed by atoms with van der Waals surface area (Å²) in [6.45, 7) is 2.84. The van der Waals surface area contributed by atoms with Crippen LogP contribution in [0.3, 0.4) is 0 Å². The van der Waals surface area contributed by atoms with E-state index < -0.39 is 0 Å². The number of piperidine rings is 1. The number of likely N-dealkylation sites (tertiary alicyclic amines) is 1. The second-order valence-corrected chi connectivity index (χ2v) is 10.6. The largest absolute Gasteiger partial charge is 0.493 e. The fourth-order valence-corrected chi connectivity index (χ4v) is 6.45. The monoisotopic (exact) mass is 490 g/mol. The Balaban J connectivity index is 1.15. The summed E-state index contributed by atoms with van der Waals surface area (Å²) in [5.74, 6) is 2.49. The maximum Gasteiger partial charge on any atom is 0.231 e. The molecule has 35 heavy (non-hydrogen) atoms. The van der Waals surface area contributed by atoms with Gasteiger partial charge in [0.15, 0.2) is 11.5 Å². The molecule has 0 bridgehead atoms. The molecule has 3 aromatic rings. The lowest BCUT2D eigenvalue weighted by molar-refractivity contribution is -0.127. The van der Waals surface area contributed by atoms with Crippen LogP contribution in [0.4, 0.5) is 0 Å². The van der Waals surface area contributed by atoms with Crippen LogP contribution in [0, 0.1) is 0 Å². The van der Waals surface area contributed by atoms with Crippen LogP contribution in [0.5, 0.6) is 17.2 Å². The molecule has 0 spiro atoms. The minimum absolute atomic E-state index is 0.247. The number of methoxy groups -OCH3 is 1. The van der Waals surface area contributed by atoms with Gasteiger partial charge in [-0.2, -0.15) is 0 Å². The molecule has 0 atom stereocenters. The van der Waals surface area contributed by atoms with Gasteiger partial charge >= 0.3 is 0 Å². The van der Waals surface area contributed by atoms with Crippen LogP contribution < -0.4 is 14.8 Å². The first-order chi connectivity index (χ1) is 17.2. The Hall–Kier alpha value is -2.83. The summed E-state index contributed by atoms with van der Waals surface area (Å²) in [7, 11) is 1.65. The van der Waals surface area contributed by atoms with E-state index in [9.17, 15) is 4.79 Å². The molecule has 5 nitrogen and oxygen atoms in total. The topological polar surface area (TPSA) is 50.8 Å².